The van der Waals surface area contributed by atoms with Crippen molar-refractivity contribution < 1.29 is 0 Å². The van der Waals surface area contributed by atoms with Crippen molar-refractivity contribution in [3.8, 4) is 16.8 Å². The van der Waals surface area contributed by atoms with Crippen LogP contribution in [0, 0.1) is 0 Å². The summed E-state index contributed by atoms with van der Waals surface area (Å²) in [4.78, 5) is 2.63. The van der Waals surface area contributed by atoms with E-state index in [9.17, 15) is 0 Å². The minimum Gasteiger partial charge on any atom is -0.338 e. The summed E-state index contributed by atoms with van der Waals surface area (Å²) in [6.07, 6.45) is 12.1. The van der Waals surface area contributed by atoms with Crippen molar-refractivity contribution >= 4 is 28.4 Å². The molecule has 0 radical (unpaired) electrons. The standard InChI is InChI=1S/C36H32N2/c1-5-13-33-29(9-1)30-10-2-6-14-34(30)37(33)27-21-17-25(18-22-27)26-19-23-28(24-20-26)38-35-15-7-3-11-31(35)32-12-4-8-16-36(32)38/h1-3,5,7,9-11,13,15,17-24,32,36H,4,6,8,12,14,16H2. The molecule has 2 nitrogen and oxygen atoms in total. The first-order valence-corrected chi connectivity index (χ1v) is 14.2. The lowest BCUT2D eigenvalue weighted by Gasteiger charge is -2.33. The largest absolute Gasteiger partial charge is 0.338 e. The Morgan fingerprint density at radius 2 is 1.37 bits per heavy atom. The monoisotopic (exact) mass is 492 g/mol. The number of allylic oxidation sites excluding steroid dienone is 1. The van der Waals surface area contributed by atoms with Crippen molar-refractivity contribution in [2.45, 2.75) is 50.5 Å². The van der Waals surface area contributed by atoms with E-state index in [2.05, 4.69) is 119 Å². The van der Waals surface area contributed by atoms with Crippen LogP contribution in [0.5, 0.6) is 0 Å². The Hall–Kier alpha value is -4.04. The lowest BCUT2D eigenvalue weighted by atomic mass is 9.82. The molecule has 1 aliphatic heterocycles. The second kappa shape index (κ2) is 8.77. The summed E-state index contributed by atoms with van der Waals surface area (Å²) in [5.41, 5.74) is 12.2. The Labute approximate surface area is 224 Å². The number of aromatic nitrogens is 1. The summed E-state index contributed by atoms with van der Waals surface area (Å²) < 4.78 is 2.46. The highest BCUT2D eigenvalue weighted by Gasteiger charge is 2.40. The van der Waals surface area contributed by atoms with Gasteiger partial charge in [0.2, 0.25) is 0 Å². The van der Waals surface area contributed by atoms with Gasteiger partial charge in [-0.3, -0.25) is 0 Å². The van der Waals surface area contributed by atoms with Gasteiger partial charge in [0, 0.05) is 45.7 Å². The zero-order chi connectivity index (χ0) is 25.1. The van der Waals surface area contributed by atoms with E-state index in [4.69, 9.17) is 0 Å². The number of anilines is 2. The van der Waals surface area contributed by atoms with Crippen molar-refractivity contribution in [3.63, 3.8) is 0 Å². The summed E-state index contributed by atoms with van der Waals surface area (Å²) in [6, 6.07) is 36.9. The topological polar surface area (TPSA) is 8.17 Å². The maximum Gasteiger partial charge on any atom is 0.0537 e. The average Bonchev–Trinajstić information content (AvgIpc) is 3.51. The van der Waals surface area contributed by atoms with Crippen molar-refractivity contribution in [1.29, 1.82) is 0 Å². The van der Waals surface area contributed by atoms with Crippen molar-refractivity contribution in [2.24, 2.45) is 0 Å². The maximum atomic E-state index is 2.63. The van der Waals surface area contributed by atoms with Gasteiger partial charge in [-0.05, 0) is 78.8 Å². The molecule has 0 bridgehead atoms. The van der Waals surface area contributed by atoms with Crippen LogP contribution in [0.3, 0.4) is 0 Å². The Kier molecular flexibility index (Phi) is 5.07. The molecule has 0 N–H and O–H groups in total. The van der Waals surface area contributed by atoms with E-state index >= 15 is 0 Å². The van der Waals surface area contributed by atoms with Gasteiger partial charge in [-0.1, -0.05) is 85.7 Å². The number of para-hydroxylation sites is 2. The van der Waals surface area contributed by atoms with Crippen LogP contribution in [0.15, 0.2) is 103 Å². The minimum atomic E-state index is 0.600. The van der Waals surface area contributed by atoms with Crippen LogP contribution >= 0.6 is 0 Å². The molecule has 2 heteroatoms. The molecular weight excluding hydrogens is 460 g/mol. The van der Waals surface area contributed by atoms with E-state index in [1.807, 2.05) is 0 Å². The van der Waals surface area contributed by atoms with Crippen molar-refractivity contribution in [2.75, 3.05) is 4.90 Å². The van der Waals surface area contributed by atoms with E-state index in [0.29, 0.717) is 12.0 Å². The van der Waals surface area contributed by atoms with Gasteiger partial charge in [0.25, 0.3) is 0 Å². The first-order valence-electron chi connectivity index (χ1n) is 14.2. The molecule has 1 saturated carbocycles. The molecule has 2 unspecified atom stereocenters. The number of rotatable bonds is 3. The molecule has 2 heterocycles. The maximum absolute atomic E-state index is 2.63. The van der Waals surface area contributed by atoms with Gasteiger partial charge in [0.1, 0.15) is 0 Å². The average molecular weight is 493 g/mol. The zero-order valence-electron chi connectivity index (χ0n) is 21.7. The van der Waals surface area contributed by atoms with Gasteiger partial charge < -0.3 is 9.47 Å². The number of fused-ring (bicyclic) bond motifs is 6. The molecule has 0 amide bonds. The first kappa shape index (κ1) is 22.0. The van der Waals surface area contributed by atoms with E-state index in [-0.39, 0.29) is 0 Å². The molecule has 0 saturated heterocycles. The SMILES string of the molecule is C1=Cc2c(n(-c3ccc(-c4ccc(N5c6ccccc6C6CCCCC65)cc4)cc3)c3ccccc23)CC1. The number of nitrogens with zero attached hydrogens (tertiary/aromatic N) is 2. The molecule has 0 spiro atoms. The molecular formula is C36H32N2. The van der Waals surface area contributed by atoms with Crippen LogP contribution in [0.4, 0.5) is 11.4 Å². The van der Waals surface area contributed by atoms with Crippen LogP contribution < -0.4 is 4.90 Å². The third kappa shape index (κ3) is 3.33. The van der Waals surface area contributed by atoms with E-state index < -0.39 is 0 Å². The quantitative estimate of drug-likeness (QED) is 0.243. The third-order valence-electron chi connectivity index (χ3n) is 9.11. The summed E-state index contributed by atoms with van der Waals surface area (Å²) >= 11 is 0. The molecule has 3 aliphatic rings. The molecule has 38 heavy (non-hydrogen) atoms. The van der Waals surface area contributed by atoms with Gasteiger partial charge in [-0.15, -0.1) is 0 Å². The fourth-order valence-electron chi connectivity index (χ4n) is 7.40. The van der Waals surface area contributed by atoms with E-state index in [1.165, 1.54) is 76.0 Å². The highest BCUT2D eigenvalue weighted by Crippen LogP contribution is 2.50. The summed E-state index contributed by atoms with van der Waals surface area (Å²) in [6.45, 7) is 0. The van der Waals surface area contributed by atoms with Gasteiger partial charge >= 0.3 is 0 Å². The van der Waals surface area contributed by atoms with Gasteiger partial charge in [-0.2, -0.15) is 0 Å². The van der Waals surface area contributed by atoms with Gasteiger partial charge in [0.15, 0.2) is 0 Å². The fourth-order valence-corrected chi connectivity index (χ4v) is 7.40. The molecule has 5 aromatic rings. The summed E-state index contributed by atoms with van der Waals surface area (Å²) in [5.74, 6) is 0.679. The van der Waals surface area contributed by atoms with Gasteiger partial charge in [0.05, 0.1) is 5.52 Å². The van der Waals surface area contributed by atoms with Crippen LogP contribution in [0.1, 0.15) is 54.8 Å². The number of hydrogen-bond donors (Lipinski definition) is 0. The highest BCUT2D eigenvalue weighted by atomic mass is 15.2. The van der Waals surface area contributed by atoms with Gasteiger partial charge in [-0.25, -0.2) is 0 Å². The molecule has 1 aromatic heterocycles. The number of hydrogen-bond acceptors (Lipinski definition) is 1. The van der Waals surface area contributed by atoms with Crippen LogP contribution in [-0.2, 0) is 6.42 Å². The smallest absolute Gasteiger partial charge is 0.0537 e. The second-order valence-corrected chi connectivity index (χ2v) is 11.1. The summed E-state index contributed by atoms with van der Waals surface area (Å²) in [5, 5.41) is 1.35. The normalized spacial score (nSPS) is 19.8. The molecule has 4 aromatic carbocycles. The number of benzene rings is 4. The molecule has 186 valence electrons. The Bertz CT molecular complexity index is 1670. The van der Waals surface area contributed by atoms with Crippen LogP contribution in [-0.4, -0.2) is 10.6 Å². The first-order chi connectivity index (χ1) is 18.9. The van der Waals surface area contributed by atoms with Crippen LogP contribution in [0.2, 0.25) is 0 Å². The second-order valence-electron chi connectivity index (χ2n) is 11.1. The van der Waals surface area contributed by atoms with Crippen LogP contribution in [0.25, 0.3) is 33.8 Å². The van der Waals surface area contributed by atoms with Crippen molar-refractivity contribution in [3.05, 3.63) is 120 Å². The Balaban J connectivity index is 1.12. The van der Waals surface area contributed by atoms with E-state index in [0.717, 1.165) is 12.8 Å². The molecule has 1 fully saturated rings. The van der Waals surface area contributed by atoms with Crippen molar-refractivity contribution in [1.82, 2.24) is 4.57 Å². The predicted octanol–water partition coefficient (Wildman–Crippen LogP) is 9.43. The highest BCUT2D eigenvalue weighted by molar-refractivity contribution is 5.93. The minimum absolute atomic E-state index is 0.600. The Morgan fingerprint density at radius 3 is 2.21 bits per heavy atom. The lowest BCUT2D eigenvalue weighted by molar-refractivity contribution is 0.402. The lowest BCUT2D eigenvalue weighted by Crippen LogP contribution is -2.32. The third-order valence-corrected chi connectivity index (χ3v) is 9.11. The molecule has 2 atom stereocenters. The summed E-state index contributed by atoms with van der Waals surface area (Å²) in [7, 11) is 0. The van der Waals surface area contributed by atoms with E-state index in [1.54, 1.807) is 5.56 Å². The predicted molar refractivity (Wildman–Crippen MR) is 160 cm³/mol. The molecule has 2 aliphatic carbocycles. The fraction of sp³-hybridized carbons (Fsp3) is 0.222. The Morgan fingerprint density at radius 1 is 0.658 bits per heavy atom. The molecule has 8 rings (SSSR count). The zero-order valence-corrected chi connectivity index (χ0v) is 21.7.